The molecule has 1 heterocycles. The molecule has 0 amide bonds. The number of hydrogen-bond donors (Lipinski definition) is 0. The lowest BCUT2D eigenvalue weighted by molar-refractivity contribution is 1.63. The van der Waals surface area contributed by atoms with E-state index in [1.54, 1.807) is 11.3 Å². The van der Waals surface area contributed by atoms with Crippen LogP contribution in [0.5, 0.6) is 0 Å². The summed E-state index contributed by atoms with van der Waals surface area (Å²) in [6.07, 6.45) is 0. The number of benzene rings is 2. The van der Waals surface area contributed by atoms with E-state index >= 15 is 0 Å². The minimum atomic E-state index is 1.16. The molecule has 3 rings (SSSR count). The van der Waals surface area contributed by atoms with Crippen LogP contribution in [0.15, 0.2) is 70.5 Å². The van der Waals surface area contributed by atoms with Crippen molar-refractivity contribution in [3.05, 3.63) is 70.5 Å². The van der Waals surface area contributed by atoms with Crippen LogP contribution in [0.3, 0.4) is 0 Å². The molecule has 0 spiro atoms. The van der Waals surface area contributed by atoms with Gasteiger partial charge in [0, 0.05) is 20.3 Å². The third-order valence-electron chi connectivity index (χ3n) is 2.84. The number of hydrogen-bond acceptors (Lipinski definition) is 1. The first kappa shape index (κ1) is 11.7. The second kappa shape index (κ2) is 5.09. The van der Waals surface area contributed by atoms with E-state index in [-0.39, 0.29) is 0 Å². The summed E-state index contributed by atoms with van der Waals surface area (Å²) in [4.78, 5) is 1.31. The SMILES string of the molecule is Brc1csc(-c2ccccc2)c1-c1ccccc1. The van der Waals surface area contributed by atoms with E-state index in [0.717, 1.165) is 4.47 Å². The van der Waals surface area contributed by atoms with Gasteiger partial charge in [-0.3, -0.25) is 0 Å². The lowest BCUT2D eigenvalue weighted by atomic mass is 10.0. The van der Waals surface area contributed by atoms with Gasteiger partial charge in [0.2, 0.25) is 0 Å². The van der Waals surface area contributed by atoms with Crippen LogP contribution in [-0.4, -0.2) is 0 Å². The number of halogens is 1. The fourth-order valence-electron chi connectivity index (χ4n) is 2.01. The Balaban J connectivity index is 2.19. The molecule has 3 aromatic rings. The van der Waals surface area contributed by atoms with Crippen molar-refractivity contribution in [3.63, 3.8) is 0 Å². The average Bonchev–Trinajstić information content (AvgIpc) is 2.83. The van der Waals surface area contributed by atoms with Crippen molar-refractivity contribution >= 4 is 27.3 Å². The largest absolute Gasteiger partial charge is 0.142 e. The zero-order chi connectivity index (χ0) is 12.4. The van der Waals surface area contributed by atoms with Gasteiger partial charge in [-0.2, -0.15) is 0 Å². The molecule has 0 nitrogen and oxygen atoms in total. The molecule has 2 aromatic carbocycles. The predicted molar refractivity (Wildman–Crippen MR) is 82.9 cm³/mol. The summed E-state index contributed by atoms with van der Waals surface area (Å²) in [6, 6.07) is 21.0. The van der Waals surface area contributed by atoms with E-state index in [9.17, 15) is 0 Å². The minimum absolute atomic E-state index is 1.16. The molecule has 88 valence electrons. The molecular weight excluding hydrogens is 304 g/mol. The topological polar surface area (TPSA) is 0 Å². The Bertz CT molecular complexity index is 641. The summed E-state index contributed by atoms with van der Waals surface area (Å²) in [7, 11) is 0. The van der Waals surface area contributed by atoms with Crippen LogP contribution in [0.2, 0.25) is 0 Å². The summed E-state index contributed by atoms with van der Waals surface area (Å²) in [6.45, 7) is 0. The maximum Gasteiger partial charge on any atom is 0.0432 e. The molecule has 1 aromatic heterocycles. The summed E-state index contributed by atoms with van der Waals surface area (Å²) in [5.41, 5.74) is 3.81. The van der Waals surface area contributed by atoms with Gasteiger partial charge in [-0.05, 0) is 27.1 Å². The number of rotatable bonds is 2. The Hall–Kier alpha value is -1.38. The number of thiophene rings is 1. The fourth-order valence-corrected chi connectivity index (χ4v) is 3.81. The van der Waals surface area contributed by atoms with Crippen molar-refractivity contribution in [2.24, 2.45) is 0 Å². The second-order valence-electron chi connectivity index (χ2n) is 4.02. The normalized spacial score (nSPS) is 10.5. The van der Waals surface area contributed by atoms with E-state index in [1.807, 2.05) is 12.1 Å². The maximum absolute atomic E-state index is 3.66. The van der Waals surface area contributed by atoms with E-state index in [0.29, 0.717) is 0 Å². The standard InChI is InChI=1S/C16H11BrS/c17-14-11-18-16(13-9-5-2-6-10-13)15(14)12-7-3-1-4-8-12/h1-11H. The summed E-state index contributed by atoms with van der Waals surface area (Å²) < 4.78 is 1.16. The first-order valence-corrected chi connectivity index (χ1v) is 7.41. The van der Waals surface area contributed by atoms with Gasteiger partial charge < -0.3 is 0 Å². The quantitative estimate of drug-likeness (QED) is 0.557. The monoisotopic (exact) mass is 314 g/mol. The molecular formula is C16H11BrS. The fraction of sp³-hybridized carbons (Fsp3) is 0. The average molecular weight is 315 g/mol. The van der Waals surface area contributed by atoms with Crippen LogP contribution in [-0.2, 0) is 0 Å². The highest BCUT2D eigenvalue weighted by Gasteiger charge is 2.12. The molecule has 0 N–H and O–H groups in total. The minimum Gasteiger partial charge on any atom is -0.142 e. The van der Waals surface area contributed by atoms with Gasteiger partial charge in [0.1, 0.15) is 0 Å². The Morgan fingerprint density at radius 1 is 0.722 bits per heavy atom. The van der Waals surface area contributed by atoms with Crippen LogP contribution < -0.4 is 0 Å². The third kappa shape index (κ3) is 2.14. The van der Waals surface area contributed by atoms with Crippen LogP contribution >= 0.6 is 27.3 Å². The Morgan fingerprint density at radius 2 is 1.28 bits per heavy atom. The highest BCUT2D eigenvalue weighted by molar-refractivity contribution is 9.10. The van der Waals surface area contributed by atoms with E-state index in [2.05, 4.69) is 69.8 Å². The van der Waals surface area contributed by atoms with Crippen molar-refractivity contribution in [1.82, 2.24) is 0 Å². The molecule has 0 radical (unpaired) electrons. The maximum atomic E-state index is 3.66. The van der Waals surface area contributed by atoms with Gasteiger partial charge in [0.15, 0.2) is 0 Å². The highest BCUT2D eigenvalue weighted by Crippen LogP contribution is 2.42. The van der Waals surface area contributed by atoms with Gasteiger partial charge in [0.05, 0.1) is 0 Å². The van der Waals surface area contributed by atoms with Crippen LogP contribution in [0.25, 0.3) is 21.6 Å². The molecule has 0 bridgehead atoms. The Morgan fingerprint density at radius 3 is 1.89 bits per heavy atom. The van der Waals surface area contributed by atoms with Crippen molar-refractivity contribution in [2.75, 3.05) is 0 Å². The van der Waals surface area contributed by atoms with Gasteiger partial charge in [0.25, 0.3) is 0 Å². The first-order chi connectivity index (χ1) is 8.86. The lowest BCUT2D eigenvalue weighted by Gasteiger charge is -2.05. The van der Waals surface area contributed by atoms with Crippen LogP contribution in [0.4, 0.5) is 0 Å². The summed E-state index contributed by atoms with van der Waals surface area (Å²) >= 11 is 5.44. The molecule has 0 unspecified atom stereocenters. The zero-order valence-electron chi connectivity index (χ0n) is 9.64. The Kier molecular flexibility index (Phi) is 3.31. The van der Waals surface area contributed by atoms with Crippen LogP contribution in [0.1, 0.15) is 0 Å². The molecule has 0 aliphatic heterocycles. The van der Waals surface area contributed by atoms with Gasteiger partial charge >= 0.3 is 0 Å². The molecule has 0 aliphatic carbocycles. The van der Waals surface area contributed by atoms with Crippen molar-refractivity contribution in [3.8, 4) is 21.6 Å². The smallest absolute Gasteiger partial charge is 0.0432 e. The second-order valence-corrected chi connectivity index (χ2v) is 5.75. The van der Waals surface area contributed by atoms with E-state index in [4.69, 9.17) is 0 Å². The van der Waals surface area contributed by atoms with E-state index in [1.165, 1.54) is 21.6 Å². The predicted octanol–water partition coefficient (Wildman–Crippen LogP) is 5.84. The zero-order valence-corrected chi connectivity index (χ0v) is 12.0. The molecule has 0 aliphatic rings. The van der Waals surface area contributed by atoms with Gasteiger partial charge in [-0.1, -0.05) is 60.7 Å². The summed E-state index contributed by atoms with van der Waals surface area (Å²) in [5.74, 6) is 0. The summed E-state index contributed by atoms with van der Waals surface area (Å²) in [5, 5.41) is 2.16. The molecule has 0 saturated heterocycles. The Labute approximate surface area is 119 Å². The highest BCUT2D eigenvalue weighted by atomic mass is 79.9. The molecule has 2 heteroatoms. The van der Waals surface area contributed by atoms with Gasteiger partial charge in [-0.25, -0.2) is 0 Å². The molecule has 0 saturated carbocycles. The van der Waals surface area contributed by atoms with Crippen LogP contribution in [0, 0.1) is 0 Å². The van der Waals surface area contributed by atoms with Gasteiger partial charge in [-0.15, -0.1) is 11.3 Å². The van der Waals surface area contributed by atoms with Crippen molar-refractivity contribution < 1.29 is 0 Å². The molecule has 18 heavy (non-hydrogen) atoms. The third-order valence-corrected chi connectivity index (χ3v) is 4.80. The van der Waals surface area contributed by atoms with E-state index < -0.39 is 0 Å². The molecule has 0 atom stereocenters. The van der Waals surface area contributed by atoms with Crippen molar-refractivity contribution in [2.45, 2.75) is 0 Å². The van der Waals surface area contributed by atoms with Crippen molar-refractivity contribution in [1.29, 1.82) is 0 Å². The molecule has 0 fully saturated rings. The first-order valence-electron chi connectivity index (χ1n) is 5.74. The lowest BCUT2D eigenvalue weighted by Crippen LogP contribution is -1.79.